The summed E-state index contributed by atoms with van der Waals surface area (Å²) < 4.78 is 7.15. The maximum Gasteiger partial charge on any atom is 0.273 e. The van der Waals surface area contributed by atoms with Crippen LogP contribution in [0.5, 0.6) is 5.75 Å². The summed E-state index contributed by atoms with van der Waals surface area (Å²) in [5.74, 6) is -0.0889. The molecule has 1 fully saturated rings. The third-order valence-electron chi connectivity index (χ3n) is 7.16. The van der Waals surface area contributed by atoms with Crippen LogP contribution in [0.4, 0.5) is 0 Å². The maximum atomic E-state index is 13.5. The summed E-state index contributed by atoms with van der Waals surface area (Å²) in [6, 6.07) is 9.21. The minimum atomic E-state index is -1.07. The second-order valence-electron chi connectivity index (χ2n) is 9.83. The summed E-state index contributed by atoms with van der Waals surface area (Å²) in [5, 5.41) is 10.5. The van der Waals surface area contributed by atoms with Gasteiger partial charge in [-0.1, -0.05) is 44.4 Å². The molecule has 194 valence electrons. The quantitative estimate of drug-likeness (QED) is 0.526. The fourth-order valence-electron chi connectivity index (χ4n) is 5.04. The Labute approximate surface area is 212 Å². The normalized spacial score (nSPS) is 19.8. The molecule has 2 heterocycles. The van der Waals surface area contributed by atoms with Crippen molar-refractivity contribution in [1.29, 1.82) is 0 Å². The molecule has 1 aromatic heterocycles. The first-order chi connectivity index (χ1) is 17.4. The summed E-state index contributed by atoms with van der Waals surface area (Å²) in [4.78, 5) is 41.6. The van der Waals surface area contributed by atoms with Crippen molar-refractivity contribution in [3.63, 3.8) is 0 Å². The molecule has 2 aliphatic rings. The highest BCUT2D eigenvalue weighted by molar-refractivity contribution is 6.02. The van der Waals surface area contributed by atoms with E-state index in [4.69, 9.17) is 4.74 Å². The average molecular weight is 496 g/mol. The predicted molar refractivity (Wildman–Crippen MR) is 136 cm³/mol. The van der Waals surface area contributed by atoms with Crippen molar-refractivity contribution >= 4 is 17.7 Å². The molecule has 9 heteroatoms. The van der Waals surface area contributed by atoms with Crippen LogP contribution in [0.1, 0.15) is 85.8 Å². The van der Waals surface area contributed by atoms with Gasteiger partial charge in [-0.2, -0.15) is 5.10 Å². The molecule has 1 atom stereocenters. The smallest absolute Gasteiger partial charge is 0.273 e. The van der Waals surface area contributed by atoms with Gasteiger partial charge in [0.15, 0.2) is 5.69 Å². The van der Waals surface area contributed by atoms with E-state index in [1.54, 1.807) is 11.8 Å². The van der Waals surface area contributed by atoms with Crippen molar-refractivity contribution in [2.45, 2.75) is 84.0 Å². The van der Waals surface area contributed by atoms with E-state index in [2.05, 4.69) is 22.7 Å². The molecule has 0 unspecified atom stereocenters. The van der Waals surface area contributed by atoms with E-state index in [0.717, 1.165) is 49.8 Å². The number of amides is 3. The van der Waals surface area contributed by atoms with Crippen molar-refractivity contribution < 1.29 is 19.1 Å². The molecule has 0 saturated heterocycles. The number of aromatic nitrogens is 2. The van der Waals surface area contributed by atoms with Crippen LogP contribution in [-0.4, -0.2) is 57.1 Å². The van der Waals surface area contributed by atoms with Crippen LogP contribution in [-0.2, 0) is 17.9 Å². The zero-order valence-electron chi connectivity index (χ0n) is 21.5. The minimum Gasteiger partial charge on any atom is -0.494 e. The van der Waals surface area contributed by atoms with E-state index >= 15 is 0 Å². The lowest BCUT2D eigenvalue weighted by Gasteiger charge is -2.43. The van der Waals surface area contributed by atoms with Crippen LogP contribution >= 0.6 is 0 Å². The molecule has 36 heavy (non-hydrogen) atoms. The fraction of sp³-hybridized carbons (Fsp3) is 0.556. The van der Waals surface area contributed by atoms with Crippen LogP contribution in [0.25, 0.3) is 0 Å². The van der Waals surface area contributed by atoms with Crippen LogP contribution < -0.4 is 15.4 Å². The third-order valence-corrected chi connectivity index (χ3v) is 7.16. The first kappa shape index (κ1) is 25.7. The van der Waals surface area contributed by atoms with Gasteiger partial charge in [-0.15, -0.1) is 0 Å². The number of nitrogens with one attached hydrogen (secondary N) is 2. The number of hydrogen-bond donors (Lipinski definition) is 2. The van der Waals surface area contributed by atoms with E-state index in [-0.39, 0.29) is 42.5 Å². The monoisotopic (exact) mass is 495 g/mol. The van der Waals surface area contributed by atoms with E-state index in [1.165, 1.54) is 10.7 Å². The van der Waals surface area contributed by atoms with Gasteiger partial charge in [-0.05, 0) is 39.2 Å². The van der Waals surface area contributed by atoms with Gasteiger partial charge in [0.25, 0.3) is 11.8 Å². The largest absolute Gasteiger partial charge is 0.494 e. The van der Waals surface area contributed by atoms with Gasteiger partial charge in [0.05, 0.1) is 13.2 Å². The number of carbonyl (C=O) groups excluding carboxylic acids is 3. The lowest BCUT2D eigenvalue weighted by atomic mass is 9.94. The highest BCUT2D eigenvalue weighted by Crippen LogP contribution is 2.29. The number of unbranched alkanes of at least 4 members (excludes halogenated alkanes) is 1. The molecule has 1 aromatic carbocycles. The predicted octanol–water partition coefficient (Wildman–Crippen LogP) is 3.29. The Morgan fingerprint density at radius 2 is 1.94 bits per heavy atom. The number of fused-ring (bicyclic) bond motifs is 1. The van der Waals surface area contributed by atoms with Gasteiger partial charge >= 0.3 is 0 Å². The van der Waals surface area contributed by atoms with Gasteiger partial charge in [0, 0.05) is 30.8 Å². The first-order valence-electron chi connectivity index (χ1n) is 13.1. The molecule has 0 radical (unpaired) electrons. The van der Waals surface area contributed by atoms with Gasteiger partial charge < -0.3 is 20.3 Å². The molecule has 1 saturated carbocycles. The number of para-hydroxylation sites is 1. The number of rotatable bonds is 10. The molecule has 9 nitrogen and oxygen atoms in total. The Hall–Kier alpha value is -3.36. The Balaban J connectivity index is 1.53. The van der Waals surface area contributed by atoms with Crippen LogP contribution in [0.3, 0.4) is 0 Å². The van der Waals surface area contributed by atoms with Crippen molar-refractivity contribution in [2.24, 2.45) is 0 Å². The molecular weight excluding hydrogens is 458 g/mol. The molecule has 4 rings (SSSR count). The zero-order valence-corrected chi connectivity index (χ0v) is 21.5. The van der Waals surface area contributed by atoms with Crippen molar-refractivity contribution in [1.82, 2.24) is 25.3 Å². The van der Waals surface area contributed by atoms with E-state index < -0.39 is 5.54 Å². The number of carbonyl (C=O) groups is 3. The molecule has 2 aromatic rings. The topological polar surface area (TPSA) is 106 Å². The summed E-state index contributed by atoms with van der Waals surface area (Å²) in [6.45, 7) is 7.26. The standard InChI is InChI=1S/C27H37N5O4/c1-4-6-15-31-25(34)22-16-21(24(33)28-17-19-11-7-10-14-23(19)36-5-2)30-32(22)18-27(31,3)26(35)29-20-12-8-9-13-20/h7,10-11,14,16,20H,4-6,8-9,12-13,15,17-18H2,1-3H3,(H,28,33)(H,29,35)/t27-/m0/s1. The van der Waals surface area contributed by atoms with E-state index in [0.29, 0.717) is 18.8 Å². The highest BCUT2D eigenvalue weighted by atomic mass is 16.5. The lowest BCUT2D eigenvalue weighted by molar-refractivity contribution is -0.133. The molecule has 3 amide bonds. The molecule has 1 aliphatic carbocycles. The Morgan fingerprint density at radius 1 is 1.19 bits per heavy atom. The summed E-state index contributed by atoms with van der Waals surface area (Å²) in [5.41, 5.74) is 0.271. The lowest BCUT2D eigenvalue weighted by Crippen LogP contribution is -2.65. The van der Waals surface area contributed by atoms with Gasteiger partial charge in [-0.3, -0.25) is 19.1 Å². The Bertz CT molecular complexity index is 1110. The second kappa shape index (κ2) is 11.1. The number of benzene rings is 1. The van der Waals surface area contributed by atoms with E-state index in [1.807, 2.05) is 31.2 Å². The zero-order chi connectivity index (χ0) is 25.7. The summed E-state index contributed by atoms with van der Waals surface area (Å²) in [6.07, 6.45) is 5.84. The fourth-order valence-corrected chi connectivity index (χ4v) is 5.04. The van der Waals surface area contributed by atoms with Crippen molar-refractivity contribution in [2.75, 3.05) is 13.2 Å². The maximum absolute atomic E-state index is 13.5. The Morgan fingerprint density at radius 3 is 2.67 bits per heavy atom. The van der Waals surface area contributed by atoms with Gasteiger partial charge in [0.2, 0.25) is 5.91 Å². The summed E-state index contributed by atoms with van der Waals surface area (Å²) in [7, 11) is 0. The molecular formula is C27H37N5O4. The molecule has 0 spiro atoms. The van der Waals surface area contributed by atoms with Crippen molar-refractivity contribution in [3.05, 3.63) is 47.3 Å². The Kier molecular flexibility index (Phi) is 7.96. The van der Waals surface area contributed by atoms with Crippen molar-refractivity contribution in [3.8, 4) is 5.75 Å². The number of nitrogens with zero attached hydrogens (tertiary/aromatic N) is 3. The van der Waals surface area contributed by atoms with E-state index in [9.17, 15) is 14.4 Å². The average Bonchev–Trinajstić information content (AvgIpc) is 3.53. The van der Waals surface area contributed by atoms with Gasteiger partial charge in [0.1, 0.15) is 17.0 Å². The van der Waals surface area contributed by atoms with Crippen LogP contribution in [0.2, 0.25) is 0 Å². The second-order valence-corrected chi connectivity index (χ2v) is 9.83. The van der Waals surface area contributed by atoms with Crippen LogP contribution in [0.15, 0.2) is 30.3 Å². The molecule has 2 N–H and O–H groups in total. The van der Waals surface area contributed by atoms with Crippen LogP contribution in [0, 0.1) is 0 Å². The summed E-state index contributed by atoms with van der Waals surface area (Å²) >= 11 is 0. The first-order valence-corrected chi connectivity index (χ1v) is 13.1. The SMILES string of the molecule is CCCCN1C(=O)c2cc(C(=O)NCc3ccccc3OCC)nn2C[C@@]1(C)C(=O)NC1CCCC1. The minimum absolute atomic E-state index is 0.150. The highest BCUT2D eigenvalue weighted by Gasteiger charge is 2.48. The van der Waals surface area contributed by atoms with Gasteiger partial charge in [-0.25, -0.2) is 0 Å². The molecule has 0 bridgehead atoms. The molecule has 1 aliphatic heterocycles. The third kappa shape index (κ3) is 5.24. The number of hydrogen-bond acceptors (Lipinski definition) is 5. The number of ether oxygens (including phenoxy) is 1.